The average Bonchev–Trinajstić information content (AvgIpc) is 3.21. The molecule has 8 nitrogen and oxygen atoms in total. The molecule has 1 amide bonds. The zero-order valence-electron chi connectivity index (χ0n) is 16.2. The average molecular weight is 393 g/mol. The maximum absolute atomic E-state index is 12.5. The molecule has 0 aliphatic carbocycles. The molecule has 0 atom stereocenters. The summed E-state index contributed by atoms with van der Waals surface area (Å²) in [5.41, 5.74) is 2.92. The van der Waals surface area contributed by atoms with Crippen LogP contribution in [0.15, 0.2) is 56.1 Å². The van der Waals surface area contributed by atoms with Crippen molar-refractivity contribution in [2.24, 2.45) is 7.05 Å². The highest BCUT2D eigenvalue weighted by Gasteiger charge is 2.16. The first-order chi connectivity index (χ1) is 13.9. The van der Waals surface area contributed by atoms with Crippen LogP contribution in [-0.4, -0.2) is 22.6 Å². The Hall–Kier alpha value is -3.81. The standard InChI is InChI=1S/C21H19N3O5/c1-12-16(23-20(28-12)13-5-4-6-15(9-13)27-3)11-19(25)22-14-7-8-17-18(10-14)29-21(26)24(17)2/h4-10H,11H2,1-3H3,(H,22,25). The Morgan fingerprint density at radius 2 is 2.03 bits per heavy atom. The van der Waals surface area contributed by atoms with Gasteiger partial charge in [-0.1, -0.05) is 6.07 Å². The fraction of sp³-hybridized carbons (Fsp3) is 0.190. The number of nitrogens with one attached hydrogen (secondary N) is 1. The van der Waals surface area contributed by atoms with Crippen LogP contribution in [0.25, 0.3) is 22.6 Å². The van der Waals surface area contributed by atoms with Gasteiger partial charge in [-0.2, -0.15) is 0 Å². The maximum Gasteiger partial charge on any atom is 0.419 e. The van der Waals surface area contributed by atoms with Crippen molar-refractivity contribution in [1.29, 1.82) is 0 Å². The Morgan fingerprint density at radius 3 is 2.83 bits per heavy atom. The number of hydrogen-bond donors (Lipinski definition) is 1. The molecule has 4 rings (SSSR count). The van der Waals surface area contributed by atoms with Gasteiger partial charge in [0.25, 0.3) is 0 Å². The molecule has 0 unspecified atom stereocenters. The van der Waals surface area contributed by atoms with Gasteiger partial charge in [0, 0.05) is 24.4 Å². The van der Waals surface area contributed by atoms with Crippen LogP contribution in [0.2, 0.25) is 0 Å². The molecule has 0 aliphatic heterocycles. The van der Waals surface area contributed by atoms with Gasteiger partial charge in [-0.05, 0) is 37.3 Å². The fourth-order valence-electron chi connectivity index (χ4n) is 3.04. The van der Waals surface area contributed by atoms with Crippen LogP contribution in [0.4, 0.5) is 5.69 Å². The van der Waals surface area contributed by atoms with Crippen LogP contribution in [0.1, 0.15) is 11.5 Å². The van der Waals surface area contributed by atoms with E-state index < -0.39 is 5.76 Å². The first kappa shape index (κ1) is 18.5. The fourth-order valence-corrected chi connectivity index (χ4v) is 3.04. The predicted octanol–water partition coefficient (Wildman–Crippen LogP) is 3.28. The minimum atomic E-state index is -0.452. The van der Waals surface area contributed by atoms with Gasteiger partial charge in [0.05, 0.1) is 24.7 Å². The van der Waals surface area contributed by atoms with Gasteiger partial charge < -0.3 is 18.9 Å². The Bertz CT molecular complexity index is 1270. The molecule has 0 saturated heterocycles. The summed E-state index contributed by atoms with van der Waals surface area (Å²) in [6, 6.07) is 12.4. The molecule has 0 saturated carbocycles. The van der Waals surface area contributed by atoms with Crippen molar-refractivity contribution in [2.45, 2.75) is 13.3 Å². The molecule has 29 heavy (non-hydrogen) atoms. The minimum absolute atomic E-state index is 0.0517. The first-order valence-corrected chi connectivity index (χ1v) is 8.95. The number of fused-ring (bicyclic) bond motifs is 1. The quantitative estimate of drug-likeness (QED) is 0.559. The Kier molecular flexibility index (Phi) is 4.67. The monoisotopic (exact) mass is 393 g/mol. The van der Waals surface area contributed by atoms with E-state index in [9.17, 15) is 9.59 Å². The SMILES string of the molecule is COc1cccc(-c2nc(CC(=O)Nc3ccc4c(c3)oc(=O)n4C)c(C)o2)c1. The van der Waals surface area contributed by atoms with E-state index in [4.69, 9.17) is 13.6 Å². The first-order valence-electron chi connectivity index (χ1n) is 8.95. The molecular formula is C21H19N3O5. The van der Waals surface area contributed by atoms with Gasteiger partial charge in [0.2, 0.25) is 11.8 Å². The van der Waals surface area contributed by atoms with E-state index >= 15 is 0 Å². The van der Waals surface area contributed by atoms with Crippen molar-refractivity contribution >= 4 is 22.7 Å². The highest BCUT2D eigenvalue weighted by molar-refractivity contribution is 5.94. The minimum Gasteiger partial charge on any atom is -0.497 e. The lowest BCUT2D eigenvalue weighted by molar-refractivity contribution is -0.115. The largest absolute Gasteiger partial charge is 0.497 e. The Morgan fingerprint density at radius 1 is 1.21 bits per heavy atom. The molecule has 1 N–H and O–H groups in total. The summed E-state index contributed by atoms with van der Waals surface area (Å²) in [5, 5.41) is 2.79. The summed E-state index contributed by atoms with van der Waals surface area (Å²) in [6.45, 7) is 1.77. The summed E-state index contributed by atoms with van der Waals surface area (Å²) in [4.78, 5) is 28.5. The molecule has 0 radical (unpaired) electrons. The molecular weight excluding hydrogens is 374 g/mol. The van der Waals surface area contributed by atoms with E-state index in [0.29, 0.717) is 39.9 Å². The third-order valence-electron chi connectivity index (χ3n) is 4.61. The van der Waals surface area contributed by atoms with Crippen LogP contribution < -0.4 is 15.8 Å². The van der Waals surface area contributed by atoms with E-state index in [1.165, 1.54) is 4.57 Å². The molecule has 2 heterocycles. The van der Waals surface area contributed by atoms with E-state index in [2.05, 4.69) is 10.3 Å². The molecule has 2 aromatic heterocycles. The van der Waals surface area contributed by atoms with Crippen molar-refractivity contribution in [3.05, 3.63) is 64.5 Å². The number of oxazole rings is 2. The number of amides is 1. The number of ether oxygens (including phenoxy) is 1. The van der Waals surface area contributed by atoms with Gasteiger partial charge in [-0.3, -0.25) is 9.36 Å². The van der Waals surface area contributed by atoms with Crippen molar-refractivity contribution in [1.82, 2.24) is 9.55 Å². The van der Waals surface area contributed by atoms with Gasteiger partial charge in [-0.15, -0.1) is 0 Å². The number of aryl methyl sites for hydroxylation is 2. The lowest BCUT2D eigenvalue weighted by Crippen LogP contribution is -2.15. The number of hydrogen-bond acceptors (Lipinski definition) is 6. The molecule has 0 aliphatic rings. The predicted molar refractivity (Wildman–Crippen MR) is 107 cm³/mol. The summed E-state index contributed by atoms with van der Waals surface area (Å²) < 4.78 is 17.5. The van der Waals surface area contributed by atoms with Crippen LogP contribution in [0, 0.1) is 6.92 Å². The highest BCUT2D eigenvalue weighted by Crippen LogP contribution is 2.25. The third-order valence-corrected chi connectivity index (χ3v) is 4.61. The lowest BCUT2D eigenvalue weighted by atomic mass is 10.2. The molecule has 2 aromatic carbocycles. The number of anilines is 1. The highest BCUT2D eigenvalue weighted by atomic mass is 16.5. The van der Waals surface area contributed by atoms with Crippen LogP contribution in [0.3, 0.4) is 0 Å². The van der Waals surface area contributed by atoms with Gasteiger partial charge in [0.15, 0.2) is 5.58 Å². The van der Waals surface area contributed by atoms with Gasteiger partial charge in [-0.25, -0.2) is 9.78 Å². The number of methoxy groups -OCH3 is 1. The zero-order chi connectivity index (χ0) is 20.5. The zero-order valence-corrected chi connectivity index (χ0v) is 16.2. The molecule has 8 heteroatoms. The summed E-state index contributed by atoms with van der Waals surface area (Å²) in [7, 11) is 3.22. The second-order valence-electron chi connectivity index (χ2n) is 6.59. The summed E-state index contributed by atoms with van der Waals surface area (Å²) in [6.07, 6.45) is 0.0517. The maximum atomic E-state index is 12.5. The van der Waals surface area contributed by atoms with E-state index in [1.54, 1.807) is 39.3 Å². The van der Waals surface area contributed by atoms with E-state index in [0.717, 1.165) is 5.56 Å². The molecule has 4 aromatic rings. The van der Waals surface area contributed by atoms with Crippen molar-refractivity contribution in [2.75, 3.05) is 12.4 Å². The normalized spacial score (nSPS) is 11.0. The molecule has 0 bridgehead atoms. The number of nitrogens with zero attached hydrogens (tertiary/aromatic N) is 2. The Balaban J connectivity index is 1.51. The van der Waals surface area contributed by atoms with Crippen molar-refractivity contribution in [3.8, 4) is 17.2 Å². The van der Waals surface area contributed by atoms with Crippen LogP contribution in [0.5, 0.6) is 5.75 Å². The Labute approximate surface area is 165 Å². The number of aromatic nitrogens is 2. The number of carbonyl (C=O) groups is 1. The number of rotatable bonds is 5. The van der Waals surface area contributed by atoms with E-state index in [-0.39, 0.29) is 12.3 Å². The summed E-state index contributed by atoms with van der Waals surface area (Å²) >= 11 is 0. The molecule has 0 fully saturated rings. The van der Waals surface area contributed by atoms with E-state index in [1.807, 2.05) is 24.3 Å². The third kappa shape index (κ3) is 3.64. The number of benzene rings is 2. The topological polar surface area (TPSA) is 99.5 Å². The van der Waals surface area contributed by atoms with Gasteiger partial charge >= 0.3 is 5.76 Å². The van der Waals surface area contributed by atoms with Gasteiger partial charge in [0.1, 0.15) is 11.5 Å². The smallest absolute Gasteiger partial charge is 0.419 e. The second-order valence-corrected chi connectivity index (χ2v) is 6.59. The van der Waals surface area contributed by atoms with Crippen molar-refractivity contribution < 1.29 is 18.4 Å². The second kappa shape index (κ2) is 7.31. The summed E-state index contributed by atoms with van der Waals surface area (Å²) in [5.74, 6) is 0.989. The molecule has 148 valence electrons. The number of carbonyl (C=O) groups excluding carboxylic acids is 1. The van der Waals surface area contributed by atoms with Crippen LogP contribution in [-0.2, 0) is 18.3 Å². The molecule has 0 spiro atoms. The van der Waals surface area contributed by atoms with Crippen molar-refractivity contribution in [3.63, 3.8) is 0 Å². The van der Waals surface area contributed by atoms with Crippen LogP contribution >= 0.6 is 0 Å². The lowest BCUT2D eigenvalue weighted by Gasteiger charge is -2.04.